The molecule has 0 N–H and O–H groups in total. The summed E-state index contributed by atoms with van der Waals surface area (Å²) in [5.41, 5.74) is 12.2. The fraction of sp³-hybridized carbons (Fsp3) is 0.412. The Morgan fingerprint density at radius 3 is 1.11 bits per heavy atom. The smallest absolute Gasteiger partial charge is 0.127 e. The second-order valence-corrected chi connectivity index (χ2v) is 25.9. The van der Waals surface area contributed by atoms with Crippen LogP contribution in [-0.2, 0) is 10.8 Å². The Bertz CT molecular complexity index is 1600. The van der Waals surface area contributed by atoms with Crippen molar-refractivity contribution in [2.24, 2.45) is 0 Å². The molecule has 0 aliphatic carbocycles. The van der Waals surface area contributed by atoms with Gasteiger partial charge in [0, 0.05) is 36.2 Å². The van der Waals surface area contributed by atoms with Crippen LogP contribution in [0.3, 0.4) is 0 Å². The van der Waals surface area contributed by atoms with Crippen LogP contribution in [0.5, 0.6) is 0 Å². The maximum absolute atomic E-state index is 4.08. The van der Waals surface area contributed by atoms with Gasteiger partial charge in [-0.15, -0.1) is 11.1 Å². The molecule has 38 heavy (non-hydrogen) atoms. The number of benzene rings is 4. The average Bonchev–Trinajstić information content (AvgIpc) is 2.74. The van der Waals surface area contributed by atoms with E-state index in [0.717, 1.165) is 20.1 Å². The standard InChI is InChI=1S/C34H40Br2Si2/c1-33(2,3)21-17-25-23(13-15-37(7,8)9)31(35)27-19-22(34(4,5)6)20-28-30(27)29(25)26(18-21)24(32(28)36)14-16-38(10,11)12/h17-20H,1-12H3. The van der Waals surface area contributed by atoms with Crippen molar-refractivity contribution in [1.82, 2.24) is 0 Å². The van der Waals surface area contributed by atoms with E-state index < -0.39 is 16.1 Å². The van der Waals surface area contributed by atoms with Gasteiger partial charge in [-0.3, -0.25) is 0 Å². The van der Waals surface area contributed by atoms with Crippen LogP contribution in [-0.4, -0.2) is 16.1 Å². The third-order valence-electron chi connectivity index (χ3n) is 6.83. The monoisotopic (exact) mass is 662 g/mol. The van der Waals surface area contributed by atoms with Gasteiger partial charge in [0.15, 0.2) is 0 Å². The van der Waals surface area contributed by atoms with Crippen molar-refractivity contribution in [2.75, 3.05) is 0 Å². The van der Waals surface area contributed by atoms with Crippen LogP contribution in [0.15, 0.2) is 33.2 Å². The van der Waals surface area contributed by atoms with E-state index in [1.165, 1.54) is 43.4 Å². The molecule has 0 spiro atoms. The van der Waals surface area contributed by atoms with Crippen molar-refractivity contribution < 1.29 is 0 Å². The van der Waals surface area contributed by atoms with Crippen molar-refractivity contribution >= 4 is 80.3 Å². The minimum absolute atomic E-state index is 0.00421. The molecule has 0 saturated carbocycles. The summed E-state index contributed by atoms with van der Waals surface area (Å²) >= 11 is 8.16. The largest absolute Gasteiger partial charge is 0.129 e. The van der Waals surface area contributed by atoms with E-state index in [1.807, 2.05) is 0 Å². The molecule has 4 heteroatoms. The molecule has 4 aromatic carbocycles. The Morgan fingerprint density at radius 1 is 0.526 bits per heavy atom. The molecule has 0 atom stereocenters. The summed E-state index contributed by atoms with van der Waals surface area (Å²) in [6.07, 6.45) is 0. The van der Waals surface area contributed by atoms with E-state index >= 15 is 0 Å². The predicted octanol–water partition coefficient (Wildman–Crippen LogP) is 11.2. The SMILES string of the molecule is CC(C)(C)c1cc2c(Br)c(C#C[Si](C)(C)C)c3cc(C(C)(C)C)cc4c(C#C[Si](C)(C)C)c(Br)c(c1)c2c34. The fourth-order valence-corrected chi connectivity index (χ4v) is 6.93. The summed E-state index contributed by atoms with van der Waals surface area (Å²) in [4.78, 5) is 0. The molecule has 0 nitrogen and oxygen atoms in total. The molecule has 0 amide bonds. The van der Waals surface area contributed by atoms with Crippen molar-refractivity contribution in [3.05, 3.63) is 55.5 Å². The van der Waals surface area contributed by atoms with Crippen LogP contribution in [0.25, 0.3) is 32.3 Å². The summed E-state index contributed by atoms with van der Waals surface area (Å²) in [7, 11) is -3.19. The predicted molar refractivity (Wildman–Crippen MR) is 183 cm³/mol. The summed E-state index contributed by atoms with van der Waals surface area (Å²) in [5.74, 6) is 7.37. The third kappa shape index (κ3) is 5.66. The molecule has 0 heterocycles. The minimum Gasteiger partial charge on any atom is -0.127 e. The van der Waals surface area contributed by atoms with Crippen molar-refractivity contribution in [3.63, 3.8) is 0 Å². The van der Waals surface area contributed by atoms with E-state index in [-0.39, 0.29) is 10.8 Å². The Morgan fingerprint density at radius 2 is 0.816 bits per heavy atom. The quantitative estimate of drug-likeness (QED) is 0.0997. The second kappa shape index (κ2) is 9.52. The van der Waals surface area contributed by atoms with Crippen molar-refractivity contribution in [2.45, 2.75) is 91.7 Å². The van der Waals surface area contributed by atoms with Crippen molar-refractivity contribution in [3.8, 4) is 22.9 Å². The summed E-state index contributed by atoms with van der Waals surface area (Å²) < 4.78 is 2.21. The van der Waals surface area contributed by atoms with Gasteiger partial charge < -0.3 is 0 Å². The number of rotatable bonds is 0. The zero-order valence-corrected chi connectivity index (χ0v) is 30.2. The van der Waals surface area contributed by atoms with Crippen LogP contribution in [0.4, 0.5) is 0 Å². The second-order valence-electron chi connectivity index (χ2n) is 14.8. The molecule has 0 unspecified atom stereocenters. The maximum Gasteiger partial charge on any atom is 0.129 e. The van der Waals surface area contributed by atoms with Gasteiger partial charge in [0.05, 0.1) is 0 Å². The molecule has 0 radical (unpaired) electrons. The zero-order valence-electron chi connectivity index (χ0n) is 25.1. The highest BCUT2D eigenvalue weighted by Gasteiger charge is 2.26. The summed E-state index contributed by atoms with van der Waals surface area (Å²) in [6.45, 7) is 27.6. The lowest BCUT2D eigenvalue weighted by atomic mass is 9.79. The van der Waals surface area contributed by atoms with Crippen molar-refractivity contribution in [1.29, 1.82) is 0 Å². The van der Waals surface area contributed by atoms with Gasteiger partial charge in [-0.25, -0.2) is 0 Å². The Balaban J connectivity index is 2.40. The molecule has 0 bridgehead atoms. The van der Waals surface area contributed by atoms with Gasteiger partial charge in [-0.2, -0.15) is 0 Å². The van der Waals surface area contributed by atoms with Gasteiger partial charge in [-0.1, -0.05) is 92.7 Å². The van der Waals surface area contributed by atoms with Gasteiger partial charge >= 0.3 is 0 Å². The average molecular weight is 665 g/mol. The Labute approximate surface area is 249 Å². The Kier molecular flexibility index (Phi) is 7.37. The first-order valence-electron chi connectivity index (χ1n) is 13.4. The van der Waals surface area contributed by atoms with E-state index in [2.05, 4.69) is 160 Å². The topological polar surface area (TPSA) is 0 Å². The first kappa shape index (κ1) is 29.4. The lowest BCUT2D eigenvalue weighted by Crippen LogP contribution is -2.16. The summed E-state index contributed by atoms with van der Waals surface area (Å²) in [6, 6.07) is 9.54. The van der Waals surface area contributed by atoms with E-state index in [1.54, 1.807) is 0 Å². The fourth-order valence-electron chi connectivity index (χ4n) is 4.68. The van der Waals surface area contributed by atoms with Gasteiger partial charge in [0.25, 0.3) is 0 Å². The Hall–Kier alpha value is -1.57. The van der Waals surface area contributed by atoms with Crippen LogP contribution in [0.2, 0.25) is 39.3 Å². The summed E-state index contributed by atoms with van der Waals surface area (Å²) in [5, 5.41) is 7.51. The molecular weight excluding hydrogens is 624 g/mol. The maximum atomic E-state index is 4.08. The van der Waals surface area contributed by atoms with Gasteiger partial charge in [0.2, 0.25) is 0 Å². The van der Waals surface area contributed by atoms with Crippen LogP contribution >= 0.6 is 31.9 Å². The van der Waals surface area contributed by atoms with Gasteiger partial charge in [0.1, 0.15) is 16.1 Å². The molecule has 4 rings (SSSR count). The highest BCUT2D eigenvalue weighted by molar-refractivity contribution is 9.11. The first-order chi connectivity index (χ1) is 17.2. The highest BCUT2D eigenvalue weighted by Crippen LogP contribution is 2.48. The molecule has 0 saturated heterocycles. The zero-order chi connectivity index (χ0) is 28.6. The van der Waals surface area contributed by atoms with E-state index in [9.17, 15) is 0 Å². The highest BCUT2D eigenvalue weighted by atomic mass is 79.9. The van der Waals surface area contributed by atoms with Crippen LogP contribution in [0, 0.1) is 22.9 Å². The minimum atomic E-state index is -1.59. The lowest BCUT2D eigenvalue weighted by molar-refractivity contribution is 0.591. The normalized spacial score (nSPS) is 13.1. The lowest BCUT2D eigenvalue weighted by Gasteiger charge is -2.26. The van der Waals surface area contributed by atoms with E-state index in [0.29, 0.717) is 0 Å². The number of hydrogen-bond acceptors (Lipinski definition) is 0. The molecule has 0 aliphatic rings. The molecule has 0 fully saturated rings. The third-order valence-corrected chi connectivity index (χ3v) is 10.2. The molecule has 0 aromatic heterocycles. The molecule has 0 aliphatic heterocycles. The van der Waals surface area contributed by atoms with E-state index in [4.69, 9.17) is 0 Å². The molecule has 4 aromatic rings. The number of halogens is 2. The van der Waals surface area contributed by atoms with Crippen LogP contribution in [0.1, 0.15) is 63.8 Å². The molecular formula is C34H40Br2Si2. The van der Waals surface area contributed by atoms with Crippen LogP contribution < -0.4 is 0 Å². The first-order valence-corrected chi connectivity index (χ1v) is 22.0. The number of hydrogen-bond donors (Lipinski definition) is 0. The van der Waals surface area contributed by atoms with Gasteiger partial charge in [-0.05, 0) is 94.2 Å². The molecule has 198 valence electrons.